The molecule has 1 unspecified atom stereocenters. The molecule has 0 bridgehead atoms. The van der Waals surface area contributed by atoms with Crippen LogP contribution in [0, 0.1) is 5.92 Å². The van der Waals surface area contributed by atoms with E-state index < -0.39 is 5.60 Å². The lowest BCUT2D eigenvalue weighted by Crippen LogP contribution is -2.21. The van der Waals surface area contributed by atoms with Gasteiger partial charge < -0.3 is 14.2 Å². The fourth-order valence-corrected chi connectivity index (χ4v) is 2.51. The van der Waals surface area contributed by atoms with Gasteiger partial charge in [0.2, 0.25) is 0 Å². The summed E-state index contributed by atoms with van der Waals surface area (Å²) in [5.41, 5.74) is 0.427. The van der Waals surface area contributed by atoms with E-state index in [0.717, 1.165) is 23.7 Å². The minimum atomic E-state index is -0.541. The van der Waals surface area contributed by atoms with E-state index in [1.54, 1.807) is 7.11 Å². The Balaban J connectivity index is 1.83. The maximum absolute atomic E-state index is 11.4. The van der Waals surface area contributed by atoms with Crippen molar-refractivity contribution in [1.82, 2.24) is 0 Å². The zero-order valence-electron chi connectivity index (χ0n) is 12.0. The summed E-state index contributed by atoms with van der Waals surface area (Å²) in [7, 11) is 1.64. The van der Waals surface area contributed by atoms with Gasteiger partial charge in [0, 0.05) is 12.8 Å². The van der Waals surface area contributed by atoms with E-state index >= 15 is 0 Å². The molecule has 0 radical (unpaired) electrons. The van der Waals surface area contributed by atoms with Gasteiger partial charge in [0.1, 0.15) is 5.60 Å². The Morgan fingerprint density at radius 1 is 1.35 bits per heavy atom. The molecule has 3 rings (SSSR count). The summed E-state index contributed by atoms with van der Waals surface area (Å²) < 4.78 is 16.7. The van der Waals surface area contributed by atoms with Crippen molar-refractivity contribution in [2.45, 2.75) is 38.2 Å². The van der Waals surface area contributed by atoms with Gasteiger partial charge in [-0.05, 0) is 43.4 Å². The van der Waals surface area contributed by atoms with Crippen LogP contribution in [0.1, 0.15) is 38.2 Å². The lowest BCUT2D eigenvalue weighted by Gasteiger charge is -2.24. The van der Waals surface area contributed by atoms with Gasteiger partial charge in [0.25, 0.3) is 0 Å². The van der Waals surface area contributed by atoms with Crippen LogP contribution in [-0.2, 0) is 15.1 Å². The highest BCUT2D eigenvalue weighted by atomic mass is 16.6. The van der Waals surface area contributed by atoms with Crippen LogP contribution in [0.25, 0.3) is 0 Å². The topological polar surface area (TPSA) is 44.8 Å². The Bertz CT molecular complexity index is 521. The number of rotatable bonds is 5. The fourth-order valence-electron chi connectivity index (χ4n) is 2.51. The van der Waals surface area contributed by atoms with Crippen molar-refractivity contribution in [1.29, 1.82) is 0 Å². The van der Waals surface area contributed by atoms with Crippen molar-refractivity contribution in [3.63, 3.8) is 0 Å². The first kappa shape index (κ1) is 13.3. The van der Waals surface area contributed by atoms with Crippen LogP contribution in [0.4, 0.5) is 0 Å². The number of carbonyl (C=O) groups excluding carboxylic acids is 1. The maximum atomic E-state index is 11.4. The molecule has 1 saturated heterocycles. The molecule has 1 aromatic rings. The number of hydrogen-bond acceptors (Lipinski definition) is 4. The summed E-state index contributed by atoms with van der Waals surface area (Å²) >= 11 is 0. The molecule has 4 nitrogen and oxygen atoms in total. The number of ether oxygens (including phenoxy) is 3. The van der Waals surface area contributed by atoms with Gasteiger partial charge in [-0.15, -0.1) is 0 Å². The highest BCUT2D eigenvalue weighted by Crippen LogP contribution is 2.40. The van der Waals surface area contributed by atoms with Crippen molar-refractivity contribution in [3.05, 3.63) is 23.8 Å². The molecule has 2 fully saturated rings. The van der Waals surface area contributed by atoms with Crippen molar-refractivity contribution in [2.75, 3.05) is 13.7 Å². The minimum Gasteiger partial charge on any atom is -0.493 e. The molecule has 0 amide bonds. The molecule has 1 aromatic carbocycles. The lowest BCUT2D eigenvalue weighted by atomic mass is 9.92. The Morgan fingerprint density at radius 3 is 2.75 bits per heavy atom. The van der Waals surface area contributed by atoms with E-state index in [2.05, 4.69) is 0 Å². The van der Waals surface area contributed by atoms with Gasteiger partial charge >= 0.3 is 5.97 Å². The van der Waals surface area contributed by atoms with E-state index in [4.69, 9.17) is 14.2 Å². The van der Waals surface area contributed by atoms with Crippen molar-refractivity contribution in [2.24, 2.45) is 5.92 Å². The molecule has 4 heteroatoms. The zero-order valence-corrected chi connectivity index (χ0v) is 12.0. The van der Waals surface area contributed by atoms with E-state index in [0.29, 0.717) is 18.8 Å². The van der Waals surface area contributed by atoms with Gasteiger partial charge in [-0.2, -0.15) is 0 Å². The highest BCUT2D eigenvalue weighted by Gasteiger charge is 2.38. The number of hydrogen-bond donors (Lipinski definition) is 0. The van der Waals surface area contributed by atoms with Crippen molar-refractivity contribution >= 4 is 5.97 Å². The van der Waals surface area contributed by atoms with Gasteiger partial charge in [-0.1, -0.05) is 6.07 Å². The first-order valence-electron chi connectivity index (χ1n) is 7.14. The maximum Gasteiger partial charge on any atom is 0.306 e. The SMILES string of the molecule is COc1ccc(C2(C)CCC(=O)O2)cc1OCC1CC1. The molecule has 1 heterocycles. The summed E-state index contributed by atoms with van der Waals surface area (Å²) in [4.78, 5) is 11.4. The largest absolute Gasteiger partial charge is 0.493 e. The normalized spacial score (nSPS) is 25.4. The second-order valence-corrected chi connectivity index (χ2v) is 5.82. The molecule has 1 aliphatic carbocycles. The summed E-state index contributed by atoms with van der Waals surface area (Å²) in [6, 6.07) is 5.77. The first-order chi connectivity index (χ1) is 9.60. The van der Waals surface area contributed by atoms with Gasteiger partial charge in [-0.25, -0.2) is 0 Å². The summed E-state index contributed by atoms with van der Waals surface area (Å²) in [6.07, 6.45) is 3.68. The van der Waals surface area contributed by atoms with Crippen molar-refractivity contribution in [3.8, 4) is 11.5 Å². The molecule has 1 atom stereocenters. The van der Waals surface area contributed by atoms with E-state index in [1.165, 1.54) is 12.8 Å². The molecular weight excluding hydrogens is 256 g/mol. The van der Waals surface area contributed by atoms with E-state index in [9.17, 15) is 4.79 Å². The standard InChI is InChI=1S/C16H20O4/c1-16(8-7-15(17)20-16)12-5-6-13(18-2)14(9-12)19-10-11-3-4-11/h5-6,9,11H,3-4,7-8,10H2,1-2H3. The van der Waals surface area contributed by atoms with Crippen LogP contribution in [0.3, 0.4) is 0 Å². The number of cyclic esters (lactones) is 1. The molecule has 0 spiro atoms. The molecule has 20 heavy (non-hydrogen) atoms. The fraction of sp³-hybridized carbons (Fsp3) is 0.562. The molecule has 2 aliphatic rings. The molecular formula is C16H20O4. The molecule has 108 valence electrons. The molecule has 0 aromatic heterocycles. The van der Waals surface area contributed by atoms with Crippen LogP contribution in [0.5, 0.6) is 11.5 Å². The third-order valence-corrected chi connectivity index (χ3v) is 4.09. The second kappa shape index (κ2) is 5.00. The van der Waals surface area contributed by atoms with Gasteiger partial charge in [0.15, 0.2) is 11.5 Å². The Labute approximate surface area is 119 Å². The van der Waals surface area contributed by atoms with Crippen LogP contribution in [-0.4, -0.2) is 19.7 Å². The van der Waals surface area contributed by atoms with Gasteiger partial charge in [-0.3, -0.25) is 4.79 Å². The third kappa shape index (κ3) is 2.60. The number of esters is 1. The zero-order chi connectivity index (χ0) is 14.2. The highest BCUT2D eigenvalue weighted by molar-refractivity contribution is 5.72. The average molecular weight is 276 g/mol. The Kier molecular flexibility index (Phi) is 3.32. The number of benzene rings is 1. The van der Waals surface area contributed by atoms with Crippen molar-refractivity contribution < 1.29 is 19.0 Å². The number of carbonyl (C=O) groups is 1. The summed E-state index contributed by atoms with van der Waals surface area (Å²) in [6.45, 7) is 2.68. The number of methoxy groups -OCH3 is 1. The van der Waals surface area contributed by atoms with E-state index in [1.807, 2.05) is 25.1 Å². The monoisotopic (exact) mass is 276 g/mol. The molecule has 1 aliphatic heterocycles. The second-order valence-electron chi connectivity index (χ2n) is 5.82. The molecule has 1 saturated carbocycles. The summed E-state index contributed by atoms with van der Waals surface area (Å²) in [5.74, 6) is 2.01. The average Bonchev–Trinajstić information content (AvgIpc) is 3.21. The van der Waals surface area contributed by atoms with Gasteiger partial charge in [0.05, 0.1) is 13.7 Å². The summed E-state index contributed by atoms with van der Waals surface area (Å²) in [5, 5.41) is 0. The predicted molar refractivity (Wildman–Crippen MR) is 73.9 cm³/mol. The van der Waals surface area contributed by atoms with Crippen LogP contribution in [0.2, 0.25) is 0 Å². The van der Waals surface area contributed by atoms with E-state index in [-0.39, 0.29) is 5.97 Å². The van der Waals surface area contributed by atoms with Crippen LogP contribution < -0.4 is 9.47 Å². The third-order valence-electron chi connectivity index (χ3n) is 4.09. The van der Waals surface area contributed by atoms with Crippen LogP contribution >= 0.6 is 0 Å². The quantitative estimate of drug-likeness (QED) is 0.775. The lowest BCUT2D eigenvalue weighted by molar-refractivity contribution is -0.147. The minimum absolute atomic E-state index is 0.135. The van der Waals surface area contributed by atoms with Crippen LogP contribution in [0.15, 0.2) is 18.2 Å². The first-order valence-corrected chi connectivity index (χ1v) is 7.14. The smallest absolute Gasteiger partial charge is 0.306 e. The predicted octanol–water partition coefficient (Wildman–Crippen LogP) is 3.04. The Hall–Kier alpha value is -1.71. The molecule has 0 N–H and O–H groups in total. The Morgan fingerprint density at radius 2 is 2.15 bits per heavy atom.